The number of nitrogens with zero attached hydrogens (tertiary/aromatic N) is 3. The van der Waals surface area contributed by atoms with Crippen LogP contribution >= 0.6 is 11.6 Å². The zero-order chi connectivity index (χ0) is 21.9. The molecule has 2 aliphatic heterocycles. The predicted molar refractivity (Wildman–Crippen MR) is 135 cm³/mol. The number of rotatable bonds is 5. The Hall–Kier alpha value is -2.14. The second kappa shape index (κ2) is 9.78. The normalized spacial score (nSPS) is 22.1. The van der Waals surface area contributed by atoms with Crippen molar-refractivity contribution >= 4 is 28.3 Å². The molecule has 3 atom stereocenters. The van der Waals surface area contributed by atoms with E-state index in [1.807, 2.05) is 12.1 Å². The van der Waals surface area contributed by atoms with Gasteiger partial charge in [0.15, 0.2) is 0 Å². The summed E-state index contributed by atoms with van der Waals surface area (Å²) in [5.74, 6) is 2.26. The molecule has 1 aromatic heterocycles. The van der Waals surface area contributed by atoms with Crippen molar-refractivity contribution in [2.45, 2.75) is 31.7 Å². The molecule has 5 rings (SSSR count). The topological polar surface area (TPSA) is 31.4 Å². The molecule has 5 heteroatoms. The van der Waals surface area contributed by atoms with E-state index in [0.717, 1.165) is 61.0 Å². The summed E-state index contributed by atoms with van der Waals surface area (Å²) in [4.78, 5) is 10.1. The third kappa shape index (κ3) is 4.50. The Bertz CT molecular complexity index is 1030. The second-order valence-electron chi connectivity index (χ2n) is 9.30. The number of hydrogen-bond donors (Lipinski definition) is 1. The van der Waals surface area contributed by atoms with Crippen molar-refractivity contribution in [3.63, 3.8) is 0 Å². The molecular formula is C27H33ClN4. The van der Waals surface area contributed by atoms with Gasteiger partial charge in [0.2, 0.25) is 0 Å². The second-order valence-corrected chi connectivity index (χ2v) is 9.71. The lowest BCUT2D eigenvalue weighted by molar-refractivity contribution is 0.0985. The Kier molecular flexibility index (Phi) is 6.63. The summed E-state index contributed by atoms with van der Waals surface area (Å²) in [6, 6.07) is 21.9. The quantitative estimate of drug-likeness (QED) is 0.582. The molecule has 2 fully saturated rings. The molecule has 0 saturated carbocycles. The van der Waals surface area contributed by atoms with Gasteiger partial charge in [0.1, 0.15) is 5.82 Å². The lowest BCUT2D eigenvalue weighted by atomic mass is 9.80. The molecule has 0 radical (unpaired) electrons. The van der Waals surface area contributed by atoms with Gasteiger partial charge in [-0.1, -0.05) is 61.0 Å². The number of piperidine rings is 1. The number of nitrogens with one attached hydrogen (secondary N) is 1. The molecule has 2 aromatic carbocycles. The van der Waals surface area contributed by atoms with Crippen LogP contribution in [0.2, 0.25) is 5.02 Å². The van der Waals surface area contributed by atoms with Gasteiger partial charge in [-0.25, -0.2) is 4.98 Å². The molecule has 3 heterocycles. The molecule has 32 heavy (non-hydrogen) atoms. The monoisotopic (exact) mass is 448 g/mol. The minimum absolute atomic E-state index is 0.519. The van der Waals surface area contributed by atoms with Gasteiger partial charge in [-0.2, -0.15) is 0 Å². The average molecular weight is 449 g/mol. The Morgan fingerprint density at radius 2 is 1.78 bits per heavy atom. The molecule has 3 unspecified atom stereocenters. The third-order valence-corrected chi connectivity index (χ3v) is 7.68. The van der Waals surface area contributed by atoms with Gasteiger partial charge in [0.25, 0.3) is 0 Å². The van der Waals surface area contributed by atoms with Crippen LogP contribution in [0.25, 0.3) is 10.9 Å². The first-order valence-corrected chi connectivity index (χ1v) is 12.4. The van der Waals surface area contributed by atoms with Gasteiger partial charge >= 0.3 is 0 Å². The highest BCUT2D eigenvalue weighted by atomic mass is 35.5. The van der Waals surface area contributed by atoms with E-state index in [4.69, 9.17) is 16.6 Å². The van der Waals surface area contributed by atoms with Gasteiger partial charge in [0, 0.05) is 37.6 Å². The largest absolute Gasteiger partial charge is 0.354 e. The molecule has 168 valence electrons. The summed E-state index contributed by atoms with van der Waals surface area (Å²) in [5, 5.41) is 5.48. The van der Waals surface area contributed by atoms with E-state index < -0.39 is 0 Å². The smallest absolute Gasteiger partial charge is 0.129 e. The number of para-hydroxylation sites is 1. The molecule has 3 aromatic rings. The van der Waals surface area contributed by atoms with Crippen LogP contribution in [0.15, 0.2) is 60.7 Å². The zero-order valence-corrected chi connectivity index (χ0v) is 19.6. The summed E-state index contributed by atoms with van der Waals surface area (Å²) in [7, 11) is 0. The summed E-state index contributed by atoms with van der Waals surface area (Å²) in [6.45, 7) is 8.86. The van der Waals surface area contributed by atoms with Crippen molar-refractivity contribution < 1.29 is 0 Å². The third-order valence-electron chi connectivity index (χ3n) is 7.37. The lowest BCUT2D eigenvalue weighted by Gasteiger charge is -2.46. The highest BCUT2D eigenvalue weighted by Crippen LogP contribution is 2.33. The fourth-order valence-corrected chi connectivity index (χ4v) is 5.90. The van der Waals surface area contributed by atoms with Crippen molar-refractivity contribution in [3.8, 4) is 0 Å². The van der Waals surface area contributed by atoms with Crippen molar-refractivity contribution in [2.75, 3.05) is 44.2 Å². The molecule has 2 aliphatic rings. The van der Waals surface area contributed by atoms with Gasteiger partial charge in [-0.15, -0.1) is 0 Å². The van der Waals surface area contributed by atoms with Crippen molar-refractivity contribution in [1.29, 1.82) is 0 Å². The number of anilines is 1. The van der Waals surface area contributed by atoms with Gasteiger partial charge in [0.05, 0.1) is 10.5 Å². The van der Waals surface area contributed by atoms with E-state index in [1.165, 1.54) is 18.4 Å². The van der Waals surface area contributed by atoms with Crippen molar-refractivity contribution in [3.05, 3.63) is 71.2 Å². The summed E-state index contributed by atoms with van der Waals surface area (Å²) < 4.78 is 0. The Labute approximate surface area is 196 Å². The van der Waals surface area contributed by atoms with E-state index in [2.05, 4.69) is 70.6 Å². The number of halogens is 1. The maximum Gasteiger partial charge on any atom is 0.129 e. The van der Waals surface area contributed by atoms with Crippen LogP contribution < -0.4 is 10.2 Å². The molecule has 0 bridgehead atoms. The van der Waals surface area contributed by atoms with Crippen molar-refractivity contribution in [1.82, 2.24) is 15.2 Å². The van der Waals surface area contributed by atoms with E-state index in [1.54, 1.807) is 0 Å². The van der Waals surface area contributed by atoms with Crippen LogP contribution in [0.3, 0.4) is 0 Å². The van der Waals surface area contributed by atoms with Gasteiger partial charge in [-0.3, -0.25) is 4.90 Å². The molecule has 2 saturated heterocycles. The minimum atomic E-state index is 0.519. The number of benzene rings is 2. The zero-order valence-electron chi connectivity index (χ0n) is 18.9. The fraction of sp³-hybridized carbons (Fsp3) is 0.444. The lowest BCUT2D eigenvalue weighted by Crippen LogP contribution is -2.56. The van der Waals surface area contributed by atoms with Crippen LogP contribution in [0, 0.1) is 5.92 Å². The molecular weight excluding hydrogens is 416 g/mol. The number of aromatic nitrogens is 1. The molecule has 0 amide bonds. The van der Waals surface area contributed by atoms with E-state index >= 15 is 0 Å². The molecule has 1 N–H and O–H groups in total. The van der Waals surface area contributed by atoms with E-state index in [0.29, 0.717) is 17.9 Å². The highest BCUT2D eigenvalue weighted by Gasteiger charge is 2.35. The first kappa shape index (κ1) is 21.7. The summed E-state index contributed by atoms with van der Waals surface area (Å²) in [6.07, 6.45) is 2.60. The predicted octanol–water partition coefficient (Wildman–Crippen LogP) is 5.18. The number of hydrogen-bond acceptors (Lipinski definition) is 4. The molecule has 0 spiro atoms. The average Bonchev–Trinajstić information content (AvgIpc) is 2.86. The summed E-state index contributed by atoms with van der Waals surface area (Å²) in [5.41, 5.74) is 2.36. The Morgan fingerprint density at radius 3 is 2.53 bits per heavy atom. The van der Waals surface area contributed by atoms with Crippen molar-refractivity contribution in [2.24, 2.45) is 5.92 Å². The SMILES string of the molecule is CC(c1ccccc1)C(C1CCCNC1)N1CCN(c2ccc3cccc(Cl)c3n2)CC1. The summed E-state index contributed by atoms with van der Waals surface area (Å²) >= 11 is 6.42. The van der Waals surface area contributed by atoms with Crippen LogP contribution in [-0.4, -0.2) is 55.2 Å². The highest BCUT2D eigenvalue weighted by molar-refractivity contribution is 6.35. The standard InChI is InChI=1S/C27H33ClN4/c1-20(21-7-3-2-4-8-21)27(23-10-6-14-29-19-23)32-17-15-31(16-18-32)25-13-12-22-9-5-11-24(28)26(22)30-25/h2-5,7-9,11-13,20,23,27,29H,6,10,14-19H2,1H3. The van der Waals surface area contributed by atoms with Crippen LogP contribution in [0.1, 0.15) is 31.2 Å². The first-order valence-electron chi connectivity index (χ1n) is 12.0. The number of fused-ring (bicyclic) bond motifs is 1. The maximum atomic E-state index is 6.42. The minimum Gasteiger partial charge on any atom is -0.354 e. The van der Waals surface area contributed by atoms with E-state index in [9.17, 15) is 0 Å². The van der Waals surface area contributed by atoms with Crippen LogP contribution in [0.5, 0.6) is 0 Å². The van der Waals surface area contributed by atoms with Gasteiger partial charge in [-0.05, 0) is 61.5 Å². The first-order chi connectivity index (χ1) is 15.7. The molecule has 0 aliphatic carbocycles. The number of pyridine rings is 1. The molecule has 4 nitrogen and oxygen atoms in total. The van der Waals surface area contributed by atoms with Crippen LogP contribution in [0.4, 0.5) is 5.82 Å². The Morgan fingerprint density at radius 1 is 0.969 bits per heavy atom. The van der Waals surface area contributed by atoms with Gasteiger partial charge < -0.3 is 10.2 Å². The maximum absolute atomic E-state index is 6.42. The van der Waals surface area contributed by atoms with Crippen LogP contribution in [-0.2, 0) is 0 Å². The fourth-order valence-electron chi connectivity index (χ4n) is 5.67. The van der Waals surface area contributed by atoms with E-state index in [-0.39, 0.29) is 0 Å². The Balaban J connectivity index is 1.33. The number of piperazine rings is 1.